The number of hydrogen-bond acceptors (Lipinski definition) is 3. The third-order valence-electron chi connectivity index (χ3n) is 3.18. The van der Waals surface area contributed by atoms with Gasteiger partial charge in [0.2, 0.25) is 0 Å². The van der Waals surface area contributed by atoms with Gasteiger partial charge in [-0.1, -0.05) is 30.3 Å². The van der Waals surface area contributed by atoms with Crippen molar-refractivity contribution in [1.29, 1.82) is 0 Å². The smallest absolute Gasteiger partial charge is 0.310 e. The predicted octanol–water partition coefficient (Wildman–Crippen LogP) is 3.69. The molecule has 3 nitrogen and oxygen atoms in total. The Morgan fingerprint density at radius 2 is 2.05 bits per heavy atom. The van der Waals surface area contributed by atoms with E-state index < -0.39 is 0 Å². The highest BCUT2D eigenvalue weighted by Crippen LogP contribution is 2.30. The summed E-state index contributed by atoms with van der Waals surface area (Å²) < 4.78 is 10.5. The van der Waals surface area contributed by atoms with Crippen molar-refractivity contribution in [3.8, 4) is 0 Å². The van der Waals surface area contributed by atoms with E-state index in [1.54, 1.807) is 13.2 Å². The first-order valence-corrected chi connectivity index (χ1v) is 6.33. The Hall–Kier alpha value is -2.29. The van der Waals surface area contributed by atoms with Gasteiger partial charge in [0.15, 0.2) is 0 Å². The predicted molar refractivity (Wildman–Crippen MR) is 74.1 cm³/mol. The van der Waals surface area contributed by atoms with E-state index in [-0.39, 0.29) is 12.4 Å². The number of hydrogen-bond donors (Lipinski definition) is 0. The van der Waals surface area contributed by atoms with Crippen molar-refractivity contribution in [3.05, 3.63) is 48.2 Å². The Bertz CT molecular complexity index is 740. The minimum absolute atomic E-state index is 0.224. The Morgan fingerprint density at radius 1 is 1.21 bits per heavy atom. The number of furan rings is 1. The van der Waals surface area contributed by atoms with Crippen molar-refractivity contribution in [1.82, 2.24) is 0 Å². The Labute approximate surface area is 110 Å². The quantitative estimate of drug-likeness (QED) is 0.669. The summed E-state index contributed by atoms with van der Waals surface area (Å²) in [7, 11) is 0. The lowest BCUT2D eigenvalue weighted by Gasteiger charge is -2.02. The molecule has 3 aromatic rings. The molecular formula is C16H14O3. The maximum Gasteiger partial charge on any atom is 0.310 e. The van der Waals surface area contributed by atoms with Crippen molar-refractivity contribution >= 4 is 27.7 Å². The van der Waals surface area contributed by atoms with Gasteiger partial charge < -0.3 is 9.15 Å². The second-order valence-electron chi connectivity index (χ2n) is 4.40. The molecule has 3 rings (SSSR count). The number of carbonyl (C=O) groups excluding carboxylic acids is 1. The van der Waals surface area contributed by atoms with Gasteiger partial charge in [-0.25, -0.2) is 0 Å². The van der Waals surface area contributed by atoms with Crippen LogP contribution in [0, 0.1) is 0 Å². The van der Waals surface area contributed by atoms with E-state index >= 15 is 0 Å². The molecule has 96 valence electrons. The molecule has 2 aromatic carbocycles. The molecule has 0 radical (unpaired) electrons. The van der Waals surface area contributed by atoms with Crippen LogP contribution in [0.1, 0.15) is 12.5 Å². The Kier molecular flexibility index (Phi) is 2.95. The van der Waals surface area contributed by atoms with Gasteiger partial charge in [0.05, 0.1) is 19.3 Å². The number of rotatable bonds is 3. The van der Waals surface area contributed by atoms with Crippen LogP contribution in [0.15, 0.2) is 47.1 Å². The minimum atomic E-state index is -0.224. The lowest BCUT2D eigenvalue weighted by atomic mass is 10.0. The maximum atomic E-state index is 11.6. The highest BCUT2D eigenvalue weighted by molar-refractivity contribution is 6.08. The topological polar surface area (TPSA) is 39.4 Å². The summed E-state index contributed by atoms with van der Waals surface area (Å²) in [6.45, 7) is 2.20. The summed E-state index contributed by atoms with van der Waals surface area (Å²) in [6.07, 6.45) is 1.89. The minimum Gasteiger partial charge on any atom is -0.466 e. The zero-order valence-electron chi connectivity index (χ0n) is 10.7. The molecule has 0 saturated carbocycles. The van der Waals surface area contributed by atoms with E-state index in [0.717, 1.165) is 27.3 Å². The summed E-state index contributed by atoms with van der Waals surface area (Å²) >= 11 is 0. The van der Waals surface area contributed by atoms with Gasteiger partial charge in [0.25, 0.3) is 0 Å². The molecule has 0 unspecified atom stereocenters. The number of carbonyl (C=O) groups is 1. The van der Waals surface area contributed by atoms with Gasteiger partial charge >= 0.3 is 5.97 Å². The van der Waals surface area contributed by atoms with Crippen molar-refractivity contribution < 1.29 is 13.9 Å². The zero-order chi connectivity index (χ0) is 13.2. The molecule has 0 spiro atoms. The molecule has 0 N–H and O–H groups in total. The zero-order valence-corrected chi connectivity index (χ0v) is 10.7. The average molecular weight is 254 g/mol. The van der Waals surface area contributed by atoms with E-state index in [1.807, 2.05) is 30.3 Å². The van der Waals surface area contributed by atoms with Crippen LogP contribution in [0.4, 0.5) is 0 Å². The lowest BCUT2D eigenvalue weighted by Crippen LogP contribution is -2.06. The average Bonchev–Trinajstić information content (AvgIpc) is 2.82. The third kappa shape index (κ3) is 2.08. The van der Waals surface area contributed by atoms with Gasteiger partial charge in [0.1, 0.15) is 5.58 Å². The maximum absolute atomic E-state index is 11.6. The Morgan fingerprint density at radius 3 is 2.89 bits per heavy atom. The standard InChI is InChI=1S/C16H14O3/c1-2-18-15(17)9-12-10-19-14-8-7-11-5-3-4-6-13(11)16(12)14/h3-8,10H,2,9H2,1H3. The summed E-state index contributed by atoms with van der Waals surface area (Å²) in [6, 6.07) is 12.0. The van der Waals surface area contributed by atoms with E-state index in [2.05, 4.69) is 6.07 Å². The van der Waals surface area contributed by atoms with Crippen LogP contribution in [-0.2, 0) is 16.0 Å². The third-order valence-corrected chi connectivity index (χ3v) is 3.18. The SMILES string of the molecule is CCOC(=O)Cc1coc2ccc3ccccc3c12. The fourth-order valence-electron chi connectivity index (χ4n) is 2.37. The highest BCUT2D eigenvalue weighted by Gasteiger charge is 2.13. The van der Waals surface area contributed by atoms with Crippen molar-refractivity contribution in [2.24, 2.45) is 0 Å². The molecule has 0 aliphatic heterocycles. The molecule has 0 aliphatic carbocycles. The summed E-state index contributed by atoms with van der Waals surface area (Å²) in [5.41, 5.74) is 1.68. The molecular weight excluding hydrogens is 240 g/mol. The molecule has 0 atom stereocenters. The first-order valence-electron chi connectivity index (χ1n) is 6.33. The van der Waals surface area contributed by atoms with Crippen LogP contribution in [0.25, 0.3) is 21.7 Å². The molecule has 0 saturated heterocycles. The fraction of sp³-hybridized carbons (Fsp3) is 0.188. The number of fused-ring (bicyclic) bond motifs is 3. The fourth-order valence-corrected chi connectivity index (χ4v) is 2.37. The van der Waals surface area contributed by atoms with E-state index in [9.17, 15) is 4.79 Å². The number of ether oxygens (including phenoxy) is 1. The van der Waals surface area contributed by atoms with Crippen LogP contribution in [0.3, 0.4) is 0 Å². The van der Waals surface area contributed by atoms with Gasteiger partial charge in [-0.3, -0.25) is 4.79 Å². The van der Waals surface area contributed by atoms with Crippen molar-refractivity contribution in [2.75, 3.05) is 6.61 Å². The van der Waals surface area contributed by atoms with Crippen LogP contribution in [0.5, 0.6) is 0 Å². The summed E-state index contributed by atoms with van der Waals surface area (Å²) in [4.78, 5) is 11.6. The molecule has 1 aromatic heterocycles. The molecule has 0 amide bonds. The second kappa shape index (κ2) is 4.76. The normalized spacial score (nSPS) is 11.0. The van der Waals surface area contributed by atoms with E-state index in [1.165, 1.54) is 0 Å². The monoisotopic (exact) mass is 254 g/mol. The number of benzene rings is 2. The molecule has 3 heteroatoms. The Balaban J connectivity index is 2.15. The van der Waals surface area contributed by atoms with E-state index in [4.69, 9.17) is 9.15 Å². The van der Waals surface area contributed by atoms with Crippen LogP contribution in [-0.4, -0.2) is 12.6 Å². The molecule has 1 heterocycles. The van der Waals surface area contributed by atoms with E-state index in [0.29, 0.717) is 6.61 Å². The lowest BCUT2D eigenvalue weighted by molar-refractivity contribution is -0.142. The van der Waals surface area contributed by atoms with Crippen molar-refractivity contribution in [2.45, 2.75) is 13.3 Å². The van der Waals surface area contributed by atoms with Gasteiger partial charge in [-0.2, -0.15) is 0 Å². The van der Waals surface area contributed by atoms with Crippen molar-refractivity contribution in [3.63, 3.8) is 0 Å². The van der Waals surface area contributed by atoms with Gasteiger partial charge in [0, 0.05) is 10.9 Å². The molecule has 0 fully saturated rings. The second-order valence-corrected chi connectivity index (χ2v) is 4.40. The largest absolute Gasteiger partial charge is 0.466 e. The summed E-state index contributed by atoms with van der Waals surface area (Å²) in [5, 5.41) is 3.25. The van der Waals surface area contributed by atoms with Crippen LogP contribution < -0.4 is 0 Å². The molecule has 19 heavy (non-hydrogen) atoms. The summed E-state index contributed by atoms with van der Waals surface area (Å²) in [5.74, 6) is -0.224. The first kappa shape index (κ1) is 11.8. The van der Waals surface area contributed by atoms with Gasteiger partial charge in [-0.15, -0.1) is 0 Å². The molecule has 0 bridgehead atoms. The van der Waals surface area contributed by atoms with Gasteiger partial charge in [-0.05, 0) is 23.8 Å². The van der Waals surface area contributed by atoms with Crippen LogP contribution in [0.2, 0.25) is 0 Å². The highest BCUT2D eigenvalue weighted by atomic mass is 16.5. The van der Waals surface area contributed by atoms with Crippen LogP contribution >= 0.6 is 0 Å². The number of esters is 1. The first-order chi connectivity index (χ1) is 9.29. The molecule has 0 aliphatic rings.